The number of alkyl halides is 3. The summed E-state index contributed by atoms with van der Waals surface area (Å²) in [6, 6.07) is 10.2. The summed E-state index contributed by atoms with van der Waals surface area (Å²) in [7, 11) is 1.45. The second-order valence-corrected chi connectivity index (χ2v) is 9.70. The van der Waals surface area contributed by atoms with Crippen LogP contribution < -0.4 is 9.64 Å². The summed E-state index contributed by atoms with van der Waals surface area (Å²) in [5, 5.41) is 13.3. The third kappa shape index (κ3) is 4.68. The number of ether oxygens (including phenoxy) is 1. The zero-order valence-corrected chi connectivity index (χ0v) is 20.8. The molecule has 3 aromatic heterocycles. The lowest BCUT2D eigenvalue weighted by molar-refractivity contribution is -0.137. The van der Waals surface area contributed by atoms with Crippen LogP contribution >= 0.6 is 0 Å². The van der Waals surface area contributed by atoms with Crippen molar-refractivity contribution in [3.63, 3.8) is 0 Å². The molecule has 200 valence electrons. The van der Waals surface area contributed by atoms with E-state index in [1.54, 1.807) is 18.2 Å². The lowest BCUT2D eigenvalue weighted by Crippen LogP contribution is -2.46. The molecule has 2 fully saturated rings. The minimum Gasteiger partial charge on any atom is -0.494 e. The molecular formula is C28H23F3N4O4. The van der Waals surface area contributed by atoms with E-state index in [0.29, 0.717) is 47.0 Å². The lowest BCUT2D eigenvalue weighted by Gasteiger charge is -2.38. The number of hydrogen-bond donors (Lipinski definition) is 1. The molecule has 4 aromatic rings. The summed E-state index contributed by atoms with van der Waals surface area (Å²) in [5.74, 6) is 0.811. The number of carboxylic acids is 1. The Hall–Kier alpha value is -4.41. The van der Waals surface area contributed by atoms with Crippen molar-refractivity contribution in [2.75, 3.05) is 25.1 Å². The predicted molar refractivity (Wildman–Crippen MR) is 137 cm³/mol. The van der Waals surface area contributed by atoms with E-state index < -0.39 is 17.7 Å². The fourth-order valence-corrected chi connectivity index (χ4v) is 4.80. The Morgan fingerprint density at radius 3 is 2.62 bits per heavy atom. The zero-order valence-electron chi connectivity index (χ0n) is 20.8. The molecule has 1 aliphatic heterocycles. The predicted octanol–water partition coefficient (Wildman–Crippen LogP) is 6.04. The average molecular weight is 537 g/mol. The summed E-state index contributed by atoms with van der Waals surface area (Å²) >= 11 is 0. The van der Waals surface area contributed by atoms with Gasteiger partial charge < -0.3 is 19.3 Å². The topological polar surface area (TPSA) is 102 Å². The molecule has 1 saturated heterocycles. The molecule has 39 heavy (non-hydrogen) atoms. The zero-order chi connectivity index (χ0) is 27.3. The highest BCUT2D eigenvalue weighted by atomic mass is 19.4. The van der Waals surface area contributed by atoms with Crippen molar-refractivity contribution in [3.05, 3.63) is 71.1 Å². The quantitative estimate of drug-likeness (QED) is 0.305. The van der Waals surface area contributed by atoms with Gasteiger partial charge in [0.15, 0.2) is 5.69 Å². The van der Waals surface area contributed by atoms with Gasteiger partial charge in [0.05, 0.1) is 18.2 Å². The number of carbonyl (C=O) groups is 1. The number of fused-ring (bicyclic) bond motifs is 1. The highest BCUT2D eigenvalue weighted by Crippen LogP contribution is 2.46. The minimum absolute atomic E-state index is 0.00418. The van der Waals surface area contributed by atoms with E-state index in [1.807, 2.05) is 17.1 Å². The van der Waals surface area contributed by atoms with Crippen LogP contribution in [-0.4, -0.2) is 46.4 Å². The molecule has 11 heteroatoms. The first kappa shape index (κ1) is 24.9. The van der Waals surface area contributed by atoms with Crippen LogP contribution in [0.1, 0.15) is 46.1 Å². The summed E-state index contributed by atoms with van der Waals surface area (Å²) in [6.07, 6.45) is 1.16. The van der Waals surface area contributed by atoms with Crippen molar-refractivity contribution in [1.82, 2.24) is 15.1 Å². The smallest absolute Gasteiger partial charge is 0.417 e. The molecule has 1 saturated carbocycles. The standard InChI is InChI=1S/C28H23F3N4O4/c1-38-22-12-21(27(36)37)32-20-10-11-23(33-25(20)22)35-13-15(14-35)6-9-18-24(34-39-26(18)16-7-8-16)17-4-2-3-5-19(17)28(29,30)31/h2-6,9-12,15-16H,7-8,13-14H2,1H3,(H,36,37)/b9-6+. The van der Waals surface area contributed by atoms with E-state index in [-0.39, 0.29) is 28.8 Å². The molecule has 0 amide bonds. The normalized spacial score (nSPS) is 16.2. The minimum atomic E-state index is -4.51. The van der Waals surface area contributed by atoms with Gasteiger partial charge in [0, 0.05) is 42.1 Å². The Morgan fingerprint density at radius 1 is 1.15 bits per heavy atom. The number of aromatic carboxylic acids is 1. The van der Waals surface area contributed by atoms with Gasteiger partial charge in [-0.25, -0.2) is 14.8 Å². The molecule has 6 rings (SSSR count). The maximum absolute atomic E-state index is 13.7. The van der Waals surface area contributed by atoms with Gasteiger partial charge in [0.1, 0.15) is 28.5 Å². The van der Waals surface area contributed by atoms with E-state index in [4.69, 9.17) is 9.26 Å². The third-order valence-corrected chi connectivity index (χ3v) is 7.00. The Labute approximate surface area is 220 Å². The number of aromatic nitrogens is 3. The number of nitrogens with zero attached hydrogens (tertiary/aromatic N) is 4. The van der Waals surface area contributed by atoms with Gasteiger partial charge in [-0.1, -0.05) is 35.5 Å². The Morgan fingerprint density at radius 2 is 1.92 bits per heavy atom. The van der Waals surface area contributed by atoms with Crippen molar-refractivity contribution in [2.45, 2.75) is 24.9 Å². The maximum atomic E-state index is 13.7. The Kier molecular flexibility index (Phi) is 6.00. The van der Waals surface area contributed by atoms with E-state index >= 15 is 0 Å². The fourth-order valence-electron chi connectivity index (χ4n) is 4.80. The molecular weight excluding hydrogens is 513 g/mol. The third-order valence-electron chi connectivity index (χ3n) is 7.00. The van der Waals surface area contributed by atoms with Gasteiger partial charge in [-0.15, -0.1) is 0 Å². The number of hydrogen-bond acceptors (Lipinski definition) is 7. The van der Waals surface area contributed by atoms with Crippen LogP contribution in [0.3, 0.4) is 0 Å². The van der Waals surface area contributed by atoms with Crippen molar-refractivity contribution < 1.29 is 32.3 Å². The van der Waals surface area contributed by atoms with E-state index in [9.17, 15) is 23.1 Å². The summed E-state index contributed by atoms with van der Waals surface area (Å²) in [4.78, 5) is 22.1. The van der Waals surface area contributed by atoms with Gasteiger partial charge in [0.2, 0.25) is 0 Å². The second-order valence-electron chi connectivity index (χ2n) is 9.70. The number of halogens is 3. The van der Waals surface area contributed by atoms with Crippen molar-refractivity contribution >= 4 is 28.9 Å². The van der Waals surface area contributed by atoms with E-state index in [1.165, 1.54) is 25.3 Å². The molecule has 8 nitrogen and oxygen atoms in total. The summed E-state index contributed by atoms with van der Waals surface area (Å²) < 4.78 is 52.0. The Balaban J connectivity index is 1.24. The van der Waals surface area contributed by atoms with Crippen LogP contribution in [0.5, 0.6) is 5.75 Å². The van der Waals surface area contributed by atoms with Crippen molar-refractivity contribution in [3.8, 4) is 17.0 Å². The maximum Gasteiger partial charge on any atom is 0.417 e. The van der Waals surface area contributed by atoms with Crippen LogP contribution in [0, 0.1) is 5.92 Å². The van der Waals surface area contributed by atoms with Gasteiger partial charge in [-0.2, -0.15) is 13.2 Å². The fraction of sp³-hybridized carbons (Fsp3) is 0.286. The number of carboxylic acid groups (broad SMARTS) is 1. The molecule has 0 unspecified atom stereocenters. The molecule has 1 aromatic carbocycles. The first-order valence-corrected chi connectivity index (χ1v) is 12.4. The lowest BCUT2D eigenvalue weighted by atomic mass is 9.95. The largest absolute Gasteiger partial charge is 0.494 e. The van der Waals surface area contributed by atoms with Gasteiger partial charge in [-0.05, 0) is 31.0 Å². The van der Waals surface area contributed by atoms with E-state index in [0.717, 1.165) is 18.9 Å². The number of benzene rings is 1. The number of rotatable bonds is 7. The van der Waals surface area contributed by atoms with Crippen LogP contribution in [0.2, 0.25) is 0 Å². The van der Waals surface area contributed by atoms with Crippen LogP contribution in [-0.2, 0) is 6.18 Å². The molecule has 0 atom stereocenters. The monoisotopic (exact) mass is 536 g/mol. The molecule has 1 aliphatic carbocycles. The SMILES string of the molecule is COc1cc(C(=O)O)nc2ccc(N3CC(/C=C/c4c(-c5ccccc5C(F)(F)F)noc4C4CC4)C3)nc12. The first-order valence-electron chi connectivity index (χ1n) is 12.4. The average Bonchev–Trinajstić information content (AvgIpc) is 3.65. The molecule has 4 heterocycles. The van der Waals surface area contributed by atoms with Crippen molar-refractivity contribution in [1.29, 1.82) is 0 Å². The second kappa shape index (κ2) is 9.40. The van der Waals surface area contributed by atoms with Crippen LogP contribution in [0.25, 0.3) is 28.4 Å². The van der Waals surface area contributed by atoms with E-state index in [2.05, 4.69) is 15.1 Å². The molecule has 0 radical (unpaired) electrons. The van der Waals surface area contributed by atoms with Crippen LogP contribution in [0.15, 0.2) is 53.1 Å². The summed E-state index contributed by atoms with van der Waals surface area (Å²) in [6.45, 7) is 1.30. The molecule has 0 spiro atoms. The molecule has 1 N–H and O–H groups in total. The van der Waals surface area contributed by atoms with Crippen LogP contribution in [0.4, 0.5) is 19.0 Å². The number of anilines is 1. The van der Waals surface area contributed by atoms with Gasteiger partial charge >= 0.3 is 12.1 Å². The van der Waals surface area contributed by atoms with Gasteiger partial charge in [0.25, 0.3) is 0 Å². The number of pyridine rings is 2. The first-order chi connectivity index (χ1) is 18.7. The molecule has 2 aliphatic rings. The van der Waals surface area contributed by atoms with Crippen molar-refractivity contribution in [2.24, 2.45) is 5.92 Å². The molecule has 0 bridgehead atoms. The highest BCUT2D eigenvalue weighted by Gasteiger charge is 2.37. The summed E-state index contributed by atoms with van der Waals surface area (Å²) in [5.41, 5.74) is 0.817. The highest BCUT2D eigenvalue weighted by molar-refractivity contribution is 5.92. The van der Waals surface area contributed by atoms with Gasteiger partial charge in [-0.3, -0.25) is 0 Å². The number of methoxy groups -OCH3 is 1. The Bertz CT molecular complexity index is 1600.